The largest absolute Gasteiger partial charge is 0.479 e. The van der Waals surface area contributed by atoms with Crippen molar-refractivity contribution in [3.05, 3.63) is 58.0 Å². The summed E-state index contributed by atoms with van der Waals surface area (Å²) in [7, 11) is 0. The highest BCUT2D eigenvalue weighted by Crippen LogP contribution is 2.16. The second kappa shape index (κ2) is 6.39. The third-order valence-corrected chi connectivity index (χ3v) is 2.72. The molecule has 6 nitrogen and oxygen atoms in total. The molecule has 2 N–H and O–H groups in total. The molecule has 1 amide bonds. The molecule has 0 saturated carbocycles. The van der Waals surface area contributed by atoms with Gasteiger partial charge in [-0.25, -0.2) is 0 Å². The van der Waals surface area contributed by atoms with E-state index in [9.17, 15) is 9.59 Å². The highest BCUT2D eigenvalue weighted by atomic mass is 16.5. The van der Waals surface area contributed by atoms with Crippen LogP contribution >= 0.6 is 0 Å². The minimum Gasteiger partial charge on any atom is -0.479 e. The summed E-state index contributed by atoms with van der Waals surface area (Å²) in [5.41, 5.74) is 0.933. The van der Waals surface area contributed by atoms with Crippen LogP contribution in [0.1, 0.15) is 16.1 Å². The van der Waals surface area contributed by atoms with E-state index in [4.69, 9.17) is 10.00 Å². The molecule has 0 saturated heterocycles. The lowest BCUT2D eigenvalue weighted by molar-refractivity contribution is 0.102. The summed E-state index contributed by atoms with van der Waals surface area (Å²) >= 11 is 0. The van der Waals surface area contributed by atoms with Crippen molar-refractivity contribution in [1.82, 2.24) is 4.98 Å². The Morgan fingerprint density at radius 3 is 2.71 bits per heavy atom. The summed E-state index contributed by atoms with van der Waals surface area (Å²) in [4.78, 5) is 26.5. The molecule has 0 aliphatic rings. The number of carbonyl (C=O) groups is 1. The Morgan fingerprint density at radius 2 is 2.10 bits per heavy atom. The van der Waals surface area contributed by atoms with Crippen molar-refractivity contribution in [2.45, 2.75) is 6.92 Å². The molecule has 1 aromatic heterocycles. The van der Waals surface area contributed by atoms with Gasteiger partial charge in [0.2, 0.25) is 0 Å². The van der Waals surface area contributed by atoms with Crippen LogP contribution in [-0.4, -0.2) is 17.5 Å². The van der Waals surface area contributed by atoms with Crippen LogP contribution in [0.5, 0.6) is 5.75 Å². The number of anilines is 1. The number of amides is 1. The van der Waals surface area contributed by atoms with E-state index in [-0.39, 0.29) is 17.6 Å². The Bertz CT molecular complexity index is 742. The van der Waals surface area contributed by atoms with Crippen molar-refractivity contribution >= 4 is 11.6 Å². The van der Waals surface area contributed by atoms with Crippen LogP contribution in [0.2, 0.25) is 0 Å². The number of nitrogens with zero attached hydrogens (tertiary/aromatic N) is 1. The topological polar surface area (TPSA) is 95.0 Å². The van der Waals surface area contributed by atoms with Gasteiger partial charge >= 0.3 is 0 Å². The summed E-state index contributed by atoms with van der Waals surface area (Å²) in [5.74, 6) is 0.0460. The van der Waals surface area contributed by atoms with E-state index in [2.05, 4.69) is 10.3 Å². The zero-order chi connectivity index (χ0) is 15.2. The van der Waals surface area contributed by atoms with E-state index < -0.39 is 5.91 Å². The van der Waals surface area contributed by atoms with Crippen LogP contribution in [-0.2, 0) is 0 Å². The molecule has 0 unspecified atom stereocenters. The van der Waals surface area contributed by atoms with Gasteiger partial charge in [-0.2, -0.15) is 5.26 Å². The van der Waals surface area contributed by atoms with E-state index >= 15 is 0 Å². The Kier molecular flexibility index (Phi) is 4.36. The maximum atomic E-state index is 12.0. The van der Waals surface area contributed by atoms with Crippen molar-refractivity contribution in [2.75, 3.05) is 11.9 Å². The molecule has 0 aliphatic heterocycles. The SMILES string of the molecule is Cc1cc(=O)c(C(=O)Nc2ccc(OCC#N)cc2)c[nH]1. The lowest BCUT2D eigenvalue weighted by Gasteiger charge is -2.06. The highest BCUT2D eigenvalue weighted by molar-refractivity contribution is 6.03. The second-order valence-electron chi connectivity index (χ2n) is 4.32. The predicted molar refractivity (Wildman–Crippen MR) is 77.3 cm³/mol. The molecule has 0 spiro atoms. The monoisotopic (exact) mass is 283 g/mol. The van der Waals surface area contributed by atoms with Crippen LogP contribution in [0.15, 0.2) is 41.3 Å². The molecule has 1 aromatic carbocycles. The number of aryl methyl sites for hydroxylation is 1. The van der Waals surface area contributed by atoms with Gasteiger partial charge < -0.3 is 15.0 Å². The number of aromatic amines is 1. The van der Waals surface area contributed by atoms with Crippen LogP contribution in [0, 0.1) is 18.3 Å². The first-order chi connectivity index (χ1) is 10.1. The number of hydrogen-bond acceptors (Lipinski definition) is 4. The number of ether oxygens (including phenoxy) is 1. The van der Waals surface area contributed by atoms with Gasteiger partial charge in [0.15, 0.2) is 12.0 Å². The number of H-pyrrole nitrogens is 1. The number of aromatic nitrogens is 1. The number of nitriles is 1. The first-order valence-electron chi connectivity index (χ1n) is 6.20. The molecule has 106 valence electrons. The maximum absolute atomic E-state index is 12.0. The number of benzene rings is 1. The Hall–Kier alpha value is -3.07. The van der Waals surface area contributed by atoms with Gasteiger partial charge in [-0.15, -0.1) is 0 Å². The van der Waals surface area contributed by atoms with Crippen molar-refractivity contribution in [3.63, 3.8) is 0 Å². The third kappa shape index (κ3) is 3.70. The zero-order valence-electron chi connectivity index (χ0n) is 11.3. The van der Waals surface area contributed by atoms with Gasteiger partial charge in [-0.3, -0.25) is 9.59 Å². The summed E-state index contributed by atoms with van der Waals surface area (Å²) in [6.45, 7) is 1.70. The lowest BCUT2D eigenvalue weighted by atomic mass is 10.2. The molecular formula is C15H13N3O3. The smallest absolute Gasteiger partial charge is 0.261 e. The summed E-state index contributed by atoms with van der Waals surface area (Å²) in [5, 5.41) is 11.0. The lowest BCUT2D eigenvalue weighted by Crippen LogP contribution is -2.21. The van der Waals surface area contributed by atoms with Crippen molar-refractivity contribution in [2.24, 2.45) is 0 Å². The van der Waals surface area contributed by atoms with Crippen molar-refractivity contribution in [3.8, 4) is 11.8 Å². The molecular weight excluding hydrogens is 270 g/mol. The van der Waals surface area contributed by atoms with Gasteiger partial charge in [0.1, 0.15) is 17.4 Å². The highest BCUT2D eigenvalue weighted by Gasteiger charge is 2.10. The zero-order valence-corrected chi connectivity index (χ0v) is 11.3. The summed E-state index contributed by atoms with van der Waals surface area (Å²) < 4.78 is 5.10. The fourth-order valence-corrected chi connectivity index (χ4v) is 1.70. The average molecular weight is 283 g/mol. The molecule has 2 aromatic rings. The predicted octanol–water partition coefficient (Wildman–Crippen LogP) is 1.84. The average Bonchev–Trinajstić information content (AvgIpc) is 2.46. The number of hydrogen-bond donors (Lipinski definition) is 2. The third-order valence-electron chi connectivity index (χ3n) is 2.72. The number of pyridine rings is 1. The molecule has 21 heavy (non-hydrogen) atoms. The quantitative estimate of drug-likeness (QED) is 0.895. The standard InChI is InChI=1S/C15H13N3O3/c1-10-8-14(19)13(9-17-10)15(20)18-11-2-4-12(5-3-11)21-7-6-16/h2-5,8-9H,7H2,1H3,(H,17,19)(H,18,20). The van der Waals surface area contributed by atoms with Gasteiger partial charge in [0.05, 0.1) is 0 Å². The molecule has 0 bridgehead atoms. The first kappa shape index (κ1) is 14.3. The summed E-state index contributed by atoms with van der Waals surface area (Å²) in [6.07, 6.45) is 1.39. The van der Waals surface area contributed by atoms with Crippen molar-refractivity contribution in [1.29, 1.82) is 5.26 Å². The van der Waals surface area contributed by atoms with E-state index in [1.807, 2.05) is 6.07 Å². The van der Waals surface area contributed by atoms with E-state index in [1.165, 1.54) is 12.3 Å². The second-order valence-corrected chi connectivity index (χ2v) is 4.32. The molecule has 6 heteroatoms. The van der Waals surface area contributed by atoms with E-state index in [0.29, 0.717) is 17.1 Å². The normalized spacial score (nSPS) is 9.71. The first-order valence-corrected chi connectivity index (χ1v) is 6.20. The summed E-state index contributed by atoms with van der Waals surface area (Å²) in [6, 6.07) is 9.76. The van der Waals surface area contributed by atoms with Crippen LogP contribution < -0.4 is 15.5 Å². The molecule has 1 heterocycles. The van der Waals surface area contributed by atoms with Gasteiger partial charge in [-0.05, 0) is 31.2 Å². The Labute approximate surface area is 121 Å². The van der Waals surface area contributed by atoms with Gasteiger partial charge in [-0.1, -0.05) is 0 Å². The number of carbonyl (C=O) groups excluding carboxylic acids is 1. The molecule has 0 aliphatic carbocycles. The molecule has 0 radical (unpaired) electrons. The minimum atomic E-state index is -0.484. The fraction of sp³-hybridized carbons (Fsp3) is 0.133. The van der Waals surface area contributed by atoms with E-state index in [1.54, 1.807) is 31.2 Å². The van der Waals surface area contributed by atoms with Gasteiger partial charge in [0, 0.05) is 23.6 Å². The maximum Gasteiger partial charge on any atom is 0.261 e. The fourth-order valence-electron chi connectivity index (χ4n) is 1.70. The van der Waals surface area contributed by atoms with Crippen LogP contribution in [0.4, 0.5) is 5.69 Å². The molecule has 0 atom stereocenters. The Morgan fingerprint density at radius 1 is 1.38 bits per heavy atom. The van der Waals surface area contributed by atoms with E-state index in [0.717, 1.165) is 0 Å². The van der Waals surface area contributed by atoms with Crippen LogP contribution in [0.25, 0.3) is 0 Å². The number of rotatable bonds is 4. The van der Waals surface area contributed by atoms with Crippen LogP contribution in [0.3, 0.4) is 0 Å². The molecule has 0 fully saturated rings. The number of nitrogens with one attached hydrogen (secondary N) is 2. The van der Waals surface area contributed by atoms with Crippen molar-refractivity contribution < 1.29 is 9.53 Å². The minimum absolute atomic E-state index is 0.0373. The van der Waals surface area contributed by atoms with Gasteiger partial charge in [0.25, 0.3) is 5.91 Å². The Balaban J connectivity index is 2.09. The molecule has 2 rings (SSSR count).